The Morgan fingerprint density at radius 3 is 2.15 bits per heavy atom. The molecule has 0 bridgehead atoms. The van der Waals surface area contributed by atoms with E-state index in [0.29, 0.717) is 5.56 Å². The van der Waals surface area contributed by atoms with E-state index in [-0.39, 0.29) is 17.0 Å². The van der Waals surface area contributed by atoms with Crippen LogP contribution >= 0.6 is 0 Å². The quantitative estimate of drug-likeness (QED) is 0.680. The molecule has 136 valence electrons. The lowest BCUT2D eigenvalue weighted by atomic mass is 10.0. The Hall–Kier alpha value is -2.68. The van der Waals surface area contributed by atoms with E-state index in [1.807, 2.05) is 0 Å². The van der Waals surface area contributed by atoms with Gasteiger partial charge in [-0.05, 0) is 36.4 Å². The second-order valence-corrected chi connectivity index (χ2v) is 7.55. The number of alkyl halides is 2. The Bertz CT molecular complexity index is 1060. The van der Waals surface area contributed by atoms with E-state index in [1.54, 1.807) is 0 Å². The second-order valence-electron chi connectivity index (χ2n) is 5.57. The Kier molecular flexibility index (Phi) is 4.57. The molecular weight excluding hydrogens is 372 g/mol. The molecule has 3 rings (SSSR count). The van der Waals surface area contributed by atoms with Crippen LogP contribution in [0.5, 0.6) is 0 Å². The highest BCUT2D eigenvalue weighted by atomic mass is 32.2. The monoisotopic (exact) mass is 384 g/mol. The van der Waals surface area contributed by atoms with Gasteiger partial charge in [-0.2, -0.15) is 0 Å². The molecule has 0 atom stereocenters. The minimum Gasteiger partial charge on any atom is -0.337 e. The van der Waals surface area contributed by atoms with Crippen LogP contribution in [-0.2, 0) is 9.84 Å². The average Bonchev–Trinajstić information content (AvgIpc) is 3.00. The molecule has 1 heterocycles. The summed E-state index contributed by atoms with van der Waals surface area (Å²) in [5.74, 6) is -2.16. The van der Waals surface area contributed by atoms with Gasteiger partial charge in [0.25, 0.3) is 6.43 Å². The zero-order valence-electron chi connectivity index (χ0n) is 13.3. The predicted molar refractivity (Wildman–Crippen MR) is 87.4 cm³/mol. The van der Waals surface area contributed by atoms with Gasteiger partial charge in [0.2, 0.25) is 0 Å². The van der Waals surface area contributed by atoms with Gasteiger partial charge in [0.1, 0.15) is 16.5 Å². The van der Waals surface area contributed by atoms with Gasteiger partial charge in [0.05, 0.1) is 11.4 Å². The summed E-state index contributed by atoms with van der Waals surface area (Å²) in [6.07, 6.45) is -2.04. The number of nitrogens with one attached hydrogen (secondary N) is 1. The van der Waals surface area contributed by atoms with Crippen LogP contribution in [0.2, 0.25) is 0 Å². The fraction of sp³-hybridized carbons (Fsp3) is 0.118. The SMILES string of the molecule is CS(=O)(=O)c1ccc(-c2nc(C(F)F)[nH]c2-c2ccc(F)cc2)cc1F. The van der Waals surface area contributed by atoms with E-state index in [4.69, 9.17) is 0 Å². The zero-order valence-corrected chi connectivity index (χ0v) is 14.1. The molecule has 2 aromatic carbocycles. The molecule has 3 aromatic rings. The van der Waals surface area contributed by atoms with Gasteiger partial charge in [-0.3, -0.25) is 0 Å². The van der Waals surface area contributed by atoms with Crippen LogP contribution in [0, 0.1) is 11.6 Å². The Labute approximate surface area is 146 Å². The summed E-state index contributed by atoms with van der Waals surface area (Å²) < 4.78 is 76.4. The third-order valence-electron chi connectivity index (χ3n) is 3.67. The summed E-state index contributed by atoms with van der Waals surface area (Å²) in [6, 6.07) is 8.26. The van der Waals surface area contributed by atoms with Gasteiger partial charge in [-0.25, -0.2) is 31.0 Å². The Balaban J connectivity index is 2.18. The standard InChI is InChI=1S/C17H12F4N2O2S/c1-26(24,25)13-7-4-10(8-12(13)19)15-14(22-17(23-15)16(20)21)9-2-5-11(18)6-3-9/h2-8,16H,1H3,(H,22,23). The smallest absolute Gasteiger partial charge is 0.295 e. The molecule has 0 saturated heterocycles. The molecule has 0 radical (unpaired) electrons. The number of aromatic amines is 1. The number of rotatable bonds is 4. The van der Waals surface area contributed by atoms with Gasteiger partial charge < -0.3 is 4.98 Å². The summed E-state index contributed by atoms with van der Waals surface area (Å²) in [5, 5.41) is 0. The highest BCUT2D eigenvalue weighted by Gasteiger charge is 2.21. The first-order valence-corrected chi connectivity index (χ1v) is 9.20. The van der Waals surface area contributed by atoms with Crippen molar-refractivity contribution in [1.29, 1.82) is 0 Å². The van der Waals surface area contributed by atoms with Gasteiger partial charge in [-0.1, -0.05) is 6.07 Å². The molecule has 1 aromatic heterocycles. The summed E-state index contributed by atoms with van der Waals surface area (Å²) >= 11 is 0. The molecule has 0 saturated carbocycles. The van der Waals surface area contributed by atoms with Crippen LogP contribution in [0.15, 0.2) is 47.4 Å². The van der Waals surface area contributed by atoms with Crippen LogP contribution in [0.3, 0.4) is 0 Å². The molecule has 9 heteroatoms. The molecule has 4 nitrogen and oxygen atoms in total. The number of sulfone groups is 1. The number of benzene rings is 2. The third kappa shape index (κ3) is 3.48. The van der Waals surface area contributed by atoms with E-state index in [2.05, 4.69) is 9.97 Å². The largest absolute Gasteiger partial charge is 0.337 e. The van der Waals surface area contributed by atoms with Crippen molar-refractivity contribution in [3.05, 3.63) is 59.9 Å². The average molecular weight is 384 g/mol. The van der Waals surface area contributed by atoms with Crippen molar-refractivity contribution in [2.24, 2.45) is 0 Å². The van der Waals surface area contributed by atoms with Crippen molar-refractivity contribution in [1.82, 2.24) is 9.97 Å². The lowest BCUT2D eigenvalue weighted by Gasteiger charge is -2.06. The molecule has 0 fully saturated rings. The highest BCUT2D eigenvalue weighted by Crippen LogP contribution is 2.33. The number of aromatic nitrogens is 2. The van der Waals surface area contributed by atoms with E-state index < -0.39 is 38.6 Å². The van der Waals surface area contributed by atoms with E-state index in [0.717, 1.165) is 30.5 Å². The molecule has 0 spiro atoms. The van der Waals surface area contributed by atoms with Crippen LogP contribution in [-0.4, -0.2) is 24.6 Å². The van der Waals surface area contributed by atoms with Gasteiger partial charge in [-0.15, -0.1) is 0 Å². The van der Waals surface area contributed by atoms with Crippen LogP contribution < -0.4 is 0 Å². The van der Waals surface area contributed by atoms with Crippen molar-refractivity contribution in [3.63, 3.8) is 0 Å². The maximum Gasteiger partial charge on any atom is 0.295 e. The van der Waals surface area contributed by atoms with E-state index in [9.17, 15) is 26.0 Å². The summed E-state index contributed by atoms with van der Waals surface area (Å²) in [4.78, 5) is 5.75. The molecule has 0 aliphatic heterocycles. The minimum atomic E-state index is -3.77. The number of halogens is 4. The summed E-state index contributed by atoms with van der Waals surface area (Å²) in [7, 11) is -3.77. The first-order chi connectivity index (χ1) is 12.2. The lowest BCUT2D eigenvalue weighted by molar-refractivity contribution is 0.141. The number of hydrogen-bond acceptors (Lipinski definition) is 3. The van der Waals surface area contributed by atoms with Gasteiger partial charge >= 0.3 is 0 Å². The molecule has 0 aliphatic rings. The molecule has 1 N–H and O–H groups in total. The third-order valence-corrected chi connectivity index (χ3v) is 4.80. The zero-order chi connectivity index (χ0) is 19.1. The Morgan fingerprint density at radius 1 is 1.00 bits per heavy atom. The van der Waals surface area contributed by atoms with E-state index in [1.165, 1.54) is 18.2 Å². The maximum atomic E-state index is 14.2. The van der Waals surface area contributed by atoms with Crippen LogP contribution in [0.1, 0.15) is 12.2 Å². The molecule has 0 unspecified atom stereocenters. The fourth-order valence-corrected chi connectivity index (χ4v) is 3.21. The first-order valence-electron chi connectivity index (χ1n) is 7.31. The minimum absolute atomic E-state index is 0.00543. The number of hydrogen-bond donors (Lipinski definition) is 1. The van der Waals surface area contributed by atoms with Crippen molar-refractivity contribution >= 4 is 9.84 Å². The number of imidazole rings is 1. The number of nitrogens with zero attached hydrogens (tertiary/aromatic N) is 1. The highest BCUT2D eigenvalue weighted by molar-refractivity contribution is 7.90. The molecule has 26 heavy (non-hydrogen) atoms. The summed E-state index contributed by atoms with van der Waals surface area (Å²) in [5.41, 5.74) is 0.628. The fourth-order valence-electron chi connectivity index (χ4n) is 2.48. The van der Waals surface area contributed by atoms with Gasteiger partial charge in [0, 0.05) is 17.4 Å². The van der Waals surface area contributed by atoms with Crippen molar-refractivity contribution in [2.75, 3.05) is 6.26 Å². The van der Waals surface area contributed by atoms with Crippen molar-refractivity contribution in [3.8, 4) is 22.5 Å². The topological polar surface area (TPSA) is 62.8 Å². The van der Waals surface area contributed by atoms with Crippen LogP contribution in [0.25, 0.3) is 22.5 Å². The summed E-state index contributed by atoms with van der Waals surface area (Å²) in [6.45, 7) is 0. The molecule has 0 aliphatic carbocycles. The molecular formula is C17H12F4N2O2S. The van der Waals surface area contributed by atoms with Crippen molar-refractivity contribution < 1.29 is 26.0 Å². The lowest BCUT2D eigenvalue weighted by Crippen LogP contribution is -2.00. The normalized spacial score (nSPS) is 11.9. The second kappa shape index (κ2) is 6.56. The first kappa shape index (κ1) is 18.1. The Morgan fingerprint density at radius 2 is 1.62 bits per heavy atom. The maximum absolute atomic E-state index is 14.2. The van der Waals surface area contributed by atoms with E-state index >= 15 is 0 Å². The number of H-pyrrole nitrogens is 1. The molecule has 0 amide bonds. The van der Waals surface area contributed by atoms with Crippen LogP contribution in [0.4, 0.5) is 17.6 Å². The predicted octanol–water partition coefficient (Wildman–Crippen LogP) is 4.36. The van der Waals surface area contributed by atoms with Gasteiger partial charge in [0.15, 0.2) is 15.7 Å². The van der Waals surface area contributed by atoms with Crippen molar-refractivity contribution in [2.45, 2.75) is 11.3 Å².